The van der Waals surface area contributed by atoms with Crippen LogP contribution in [0.4, 0.5) is 20.6 Å². The largest absolute Gasteiger partial charge is 0.494 e. The first-order valence-electron chi connectivity index (χ1n) is 11.3. The van der Waals surface area contributed by atoms with Crippen LogP contribution in [0.1, 0.15) is 45.1 Å². The summed E-state index contributed by atoms with van der Waals surface area (Å²) in [4.78, 5) is 14.2. The van der Waals surface area contributed by atoms with Crippen molar-refractivity contribution in [3.8, 4) is 5.75 Å². The van der Waals surface area contributed by atoms with Crippen molar-refractivity contribution in [2.24, 2.45) is 7.05 Å². The Labute approximate surface area is 194 Å². The molecule has 1 aromatic heterocycles. The number of carbonyl (C=O) groups is 1. The summed E-state index contributed by atoms with van der Waals surface area (Å²) in [6, 6.07) is 11.0. The molecule has 0 unspecified atom stereocenters. The Hall–Kier alpha value is -3.22. The molecule has 3 aromatic rings. The normalized spacial score (nSPS) is 15.0. The molecule has 6 nitrogen and oxygen atoms in total. The zero-order valence-electron chi connectivity index (χ0n) is 19.9. The Kier molecular flexibility index (Phi) is 6.23. The van der Waals surface area contributed by atoms with Gasteiger partial charge in [0.25, 0.3) is 0 Å². The second-order valence-electron chi connectivity index (χ2n) is 9.64. The zero-order valence-corrected chi connectivity index (χ0v) is 19.9. The Morgan fingerprint density at radius 2 is 1.76 bits per heavy atom. The molecule has 33 heavy (non-hydrogen) atoms. The summed E-state index contributed by atoms with van der Waals surface area (Å²) in [7, 11) is 3.49. The maximum absolute atomic E-state index is 14.0. The number of piperidine rings is 1. The molecule has 4 rings (SSSR count). The number of amides is 1. The Balaban J connectivity index is 1.48. The van der Waals surface area contributed by atoms with Gasteiger partial charge in [-0.15, -0.1) is 0 Å². The highest BCUT2D eigenvalue weighted by Gasteiger charge is 2.28. The van der Waals surface area contributed by atoms with E-state index < -0.39 is 11.4 Å². The summed E-state index contributed by atoms with van der Waals surface area (Å²) >= 11 is 0. The molecule has 0 atom stereocenters. The van der Waals surface area contributed by atoms with Crippen LogP contribution in [0, 0.1) is 5.82 Å². The fraction of sp³-hybridized carbons (Fsp3) is 0.423. The van der Waals surface area contributed by atoms with Gasteiger partial charge in [-0.05, 0) is 69.4 Å². The van der Waals surface area contributed by atoms with Crippen LogP contribution in [0.3, 0.4) is 0 Å². The van der Waals surface area contributed by atoms with Crippen LogP contribution in [0.15, 0.2) is 42.6 Å². The molecule has 1 aliphatic heterocycles. The van der Waals surface area contributed by atoms with Gasteiger partial charge in [-0.1, -0.05) is 6.07 Å². The number of nitrogens with one attached hydrogen (secondary N) is 1. The number of carbonyl (C=O) groups excluding carboxylic acids is 1. The molecular weight excluding hydrogens is 421 g/mol. The summed E-state index contributed by atoms with van der Waals surface area (Å²) in [6.45, 7) is 7.06. The van der Waals surface area contributed by atoms with E-state index in [0.717, 1.165) is 24.0 Å². The molecular formula is C26H32FN3O3. The summed E-state index contributed by atoms with van der Waals surface area (Å²) in [5.41, 5.74) is 3.49. The first-order valence-corrected chi connectivity index (χ1v) is 11.3. The van der Waals surface area contributed by atoms with Crippen LogP contribution in [0.25, 0.3) is 10.9 Å². The minimum Gasteiger partial charge on any atom is -0.494 e. The molecule has 2 aromatic carbocycles. The van der Waals surface area contributed by atoms with Gasteiger partial charge in [0, 0.05) is 49.2 Å². The number of nitrogens with zero attached hydrogens (tertiary/aromatic N) is 2. The second-order valence-corrected chi connectivity index (χ2v) is 9.64. The van der Waals surface area contributed by atoms with Gasteiger partial charge < -0.3 is 24.3 Å². The van der Waals surface area contributed by atoms with Gasteiger partial charge in [-0.3, -0.25) is 0 Å². The fourth-order valence-electron chi connectivity index (χ4n) is 4.43. The lowest BCUT2D eigenvalue weighted by Gasteiger charge is -2.33. The molecule has 1 N–H and O–H groups in total. The van der Waals surface area contributed by atoms with Crippen molar-refractivity contribution in [3.63, 3.8) is 0 Å². The number of ether oxygens (including phenoxy) is 2. The number of hydrogen-bond donors (Lipinski definition) is 1. The van der Waals surface area contributed by atoms with Crippen LogP contribution in [0.2, 0.25) is 0 Å². The number of rotatable bonds is 4. The first-order chi connectivity index (χ1) is 15.6. The third-order valence-corrected chi connectivity index (χ3v) is 6.05. The van der Waals surface area contributed by atoms with E-state index in [9.17, 15) is 9.18 Å². The number of likely N-dealkylation sites (tertiary alicyclic amines) is 1. The van der Waals surface area contributed by atoms with Gasteiger partial charge in [-0.25, -0.2) is 9.18 Å². The molecule has 1 amide bonds. The Morgan fingerprint density at radius 1 is 1.09 bits per heavy atom. The lowest BCUT2D eigenvalue weighted by Crippen LogP contribution is -2.41. The molecule has 176 valence electrons. The lowest BCUT2D eigenvalue weighted by atomic mass is 9.89. The molecule has 0 spiro atoms. The molecule has 2 heterocycles. The van der Waals surface area contributed by atoms with Crippen molar-refractivity contribution in [2.75, 3.05) is 25.5 Å². The molecule has 1 fully saturated rings. The van der Waals surface area contributed by atoms with E-state index in [1.807, 2.05) is 38.8 Å². The smallest absolute Gasteiger partial charge is 0.410 e. The number of benzene rings is 2. The van der Waals surface area contributed by atoms with Crippen molar-refractivity contribution in [2.45, 2.75) is 45.1 Å². The topological polar surface area (TPSA) is 55.7 Å². The van der Waals surface area contributed by atoms with Gasteiger partial charge in [0.15, 0.2) is 11.6 Å². The highest BCUT2D eigenvalue weighted by atomic mass is 19.1. The van der Waals surface area contributed by atoms with E-state index >= 15 is 0 Å². The lowest BCUT2D eigenvalue weighted by molar-refractivity contribution is 0.0205. The minimum absolute atomic E-state index is 0.223. The zero-order chi connectivity index (χ0) is 23.8. The Morgan fingerprint density at radius 3 is 2.39 bits per heavy atom. The van der Waals surface area contributed by atoms with Crippen molar-refractivity contribution < 1.29 is 18.7 Å². The van der Waals surface area contributed by atoms with Crippen LogP contribution in [-0.2, 0) is 11.8 Å². The van der Waals surface area contributed by atoms with Crippen molar-refractivity contribution in [3.05, 3.63) is 54.0 Å². The van der Waals surface area contributed by atoms with Crippen LogP contribution < -0.4 is 10.1 Å². The number of anilines is 2. The third-order valence-electron chi connectivity index (χ3n) is 6.05. The molecule has 7 heteroatoms. The molecule has 0 radical (unpaired) electrons. The van der Waals surface area contributed by atoms with E-state index in [-0.39, 0.29) is 11.8 Å². The Bertz CT molecular complexity index is 1160. The molecule has 1 saturated heterocycles. The summed E-state index contributed by atoms with van der Waals surface area (Å²) < 4.78 is 26.7. The maximum atomic E-state index is 14.0. The van der Waals surface area contributed by atoms with Gasteiger partial charge in [-0.2, -0.15) is 0 Å². The van der Waals surface area contributed by atoms with E-state index in [0.29, 0.717) is 24.7 Å². The SMILES string of the molecule is COc1ccc(Nc2ccc3c(C4CCN(C(=O)OC(C)(C)C)CC4)cn(C)c3c2)cc1F. The molecule has 0 aliphatic carbocycles. The molecule has 1 aliphatic rings. The highest BCUT2D eigenvalue weighted by molar-refractivity contribution is 5.88. The quantitative estimate of drug-likeness (QED) is 0.512. The average Bonchev–Trinajstić information content (AvgIpc) is 3.09. The van der Waals surface area contributed by atoms with E-state index in [2.05, 4.69) is 28.2 Å². The van der Waals surface area contributed by atoms with Crippen LogP contribution >= 0.6 is 0 Å². The van der Waals surface area contributed by atoms with Gasteiger partial charge in [0.05, 0.1) is 12.6 Å². The van der Waals surface area contributed by atoms with Crippen molar-refractivity contribution >= 4 is 28.4 Å². The average molecular weight is 454 g/mol. The van der Waals surface area contributed by atoms with Crippen molar-refractivity contribution in [1.29, 1.82) is 0 Å². The number of methoxy groups -OCH3 is 1. The van der Waals surface area contributed by atoms with E-state index in [1.54, 1.807) is 12.1 Å². The molecule has 0 saturated carbocycles. The molecule has 0 bridgehead atoms. The summed E-state index contributed by atoms with van der Waals surface area (Å²) in [5, 5.41) is 4.48. The second kappa shape index (κ2) is 8.96. The van der Waals surface area contributed by atoms with Gasteiger partial charge >= 0.3 is 6.09 Å². The van der Waals surface area contributed by atoms with Crippen molar-refractivity contribution in [1.82, 2.24) is 9.47 Å². The predicted octanol–water partition coefficient (Wildman–Crippen LogP) is 6.18. The minimum atomic E-state index is -0.479. The third kappa shape index (κ3) is 5.07. The number of aromatic nitrogens is 1. The van der Waals surface area contributed by atoms with Gasteiger partial charge in [0.1, 0.15) is 5.60 Å². The summed E-state index contributed by atoms with van der Waals surface area (Å²) in [6.07, 6.45) is 3.77. The standard InChI is InChI=1S/C26H32FN3O3/c1-26(2,3)33-25(31)30-12-10-17(11-13-30)21-16-29(4)23-15-19(6-8-20(21)23)28-18-7-9-24(32-5)22(27)14-18/h6-9,14-17,28H,10-13H2,1-5H3. The number of aryl methyl sites for hydroxylation is 1. The predicted molar refractivity (Wildman–Crippen MR) is 129 cm³/mol. The van der Waals surface area contributed by atoms with Gasteiger partial charge in [0.2, 0.25) is 0 Å². The fourth-order valence-corrected chi connectivity index (χ4v) is 4.43. The monoisotopic (exact) mass is 453 g/mol. The van der Waals surface area contributed by atoms with E-state index in [1.165, 1.54) is 24.1 Å². The highest BCUT2D eigenvalue weighted by Crippen LogP contribution is 2.36. The maximum Gasteiger partial charge on any atom is 0.410 e. The van der Waals surface area contributed by atoms with Crippen LogP contribution in [-0.4, -0.2) is 41.4 Å². The number of fused-ring (bicyclic) bond motifs is 1. The van der Waals surface area contributed by atoms with Crippen LogP contribution in [0.5, 0.6) is 5.75 Å². The summed E-state index contributed by atoms with van der Waals surface area (Å²) in [5.74, 6) is 0.213. The van der Waals surface area contributed by atoms with E-state index in [4.69, 9.17) is 9.47 Å². The number of halogens is 1. The number of hydrogen-bond acceptors (Lipinski definition) is 4. The first kappa shape index (κ1) is 23.0.